The number of hydrogen-bond donors (Lipinski definition) is 1. The van der Waals surface area contributed by atoms with Crippen molar-refractivity contribution in [2.24, 2.45) is 0 Å². The molecule has 1 atom stereocenters. The quantitative estimate of drug-likeness (QED) is 0.661. The minimum Gasteiger partial charge on any atom is -0.451 e. The van der Waals surface area contributed by atoms with Crippen molar-refractivity contribution in [2.75, 3.05) is 0 Å². The summed E-state index contributed by atoms with van der Waals surface area (Å²) in [5.74, 6) is -0.994. The van der Waals surface area contributed by atoms with Gasteiger partial charge in [-0.2, -0.15) is 0 Å². The Balaban J connectivity index is 2.24. The Kier molecular flexibility index (Phi) is 5.26. The molecular weight excluding hydrogens is 318 g/mol. The molecule has 0 spiro atoms. The lowest BCUT2D eigenvalue weighted by molar-refractivity contribution is 0.0316. The molecule has 0 bridgehead atoms. The van der Waals surface area contributed by atoms with Crippen molar-refractivity contribution < 1.29 is 19.1 Å². The van der Waals surface area contributed by atoms with E-state index in [0.29, 0.717) is 28.1 Å². The summed E-state index contributed by atoms with van der Waals surface area (Å²) in [6, 6.07) is 5.37. The van der Waals surface area contributed by atoms with Gasteiger partial charge in [-0.1, -0.05) is 12.1 Å². The summed E-state index contributed by atoms with van der Waals surface area (Å²) >= 11 is 0. The van der Waals surface area contributed by atoms with Crippen molar-refractivity contribution in [1.82, 2.24) is 4.98 Å². The summed E-state index contributed by atoms with van der Waals surface area (Å²) in [6.45, 7) is 10.2. The molecule has 132 valence electrons. The van der Waals surface area contributed by atoms with E-state index < -0.39 is 12.1 Å². The van der Waals surface area contributed by atoms with Crippen LogP contribution in [0.25, 0.3) is 0 Å². The monoisotopic (exact) mass is 341 g/mol. The van der Waals surface area contributed by atoms with E-state index in [1.165, 1.54) is 13.8 Å². The van der Waals surface area contributed by atoms with Gasteiger partial charge in [-0.25, -0.2) is 4.79 Å². The van der Waals surface area contributed by atoms with Gasteiger partial charge in [0.15, 0.2) is 11.9 Å². The minimum absolute atomic E-state index is 0.106. The Labute approximate surface area is 147 Å². The normalized spacial score (nSPS) is 11.9. The molecule has 25 heavy (non-hydrogen) atoms. The predicted molar refractivity (Wildman–Crippen MR) is 95.4 cm³/mol. The number of aryl methyl sites for hydroxylation is 2. The van der Waals surface area contributed by atoms with E-state index in [-0.39, 0.29) is 11.6 Å². The number of aromatic nitrogens is 1. The molecule has 2 rings (SSSR count). The van der Waals surface area contributed by atoms with Gasteiger partial charge in [0.05, 0.1) is 11.3 Å². The molecule has 0 saturated carbocycles. The van der Waals surface area contributed by atoms with E-state index in [1.807, 2.05) is 19.9 Å². The molecule has 0 aliphatic carbocycles. The molecule has 0 saturated heterocycles. The van der Waals surface area contributed by atoms with Crippen molar-refractivity contribution in [1.29, 1.82) is 0 Å². The predicted octanol–water partition coefficient (Wildman–Crippen LogP) is 3.88. The van der Waals surface area contributed by atoms with Gasteiger partial charge in [-0.3, -0.25) is 9.59 Å². The zero-order valence-corrected chi connectivity index (χ0v) is 15.4. The summed E-state index contributed by atoms with van der Waals surface area (Å²) in [4.78, 5) is 39.7. The summed E-state index contributed by atoms with van der Waals surface area (Å²) in [7, 11) is 0. The fourth-order valence-electron chi connectivity index (χ4n) is 2.98. The molecule has 1 aromatic heterocycles. The molecule has 5 heteroatoms. The number of carbonyl (C=O) groups excluding carboxylic acids is 3. The number of esters is 1. The fourth-order valence-corrected chi connectivity index (χ4v) is 2.98. The number of benzene rings is 1. The first-order chi connectivity index (χ1) is 11.6. The molecule has 0 aliphatic rings. The molecule has 0 radical (unpaired) electrons. The maximum atomic E-state index is 12.7. The highest BCUT2D eigenvalue weighted by atomic mass is 16.5. The molecule has 5 nitrogen and oxygen atoms in total. The summed E-state index contributed by atoms with van der Waals surface area (Å²) in [5, 5.41) is 0. The second kappa shape index (κ2) is 7.05. The Hall–Kier alpha value is -2.69. The summed E-state index contributed by atoms with van der Waals surface area (Å²) in [6.07, 6.45) is -0.955. The number of aromatic amines is 1. The maximum Gasteiger partial charge on any atom is 0.339 e. The van der Waals surface area contributed by atoms with Crippen molar-refractivity contribution in [3.8, 4) is 0 Å². The van der Waals surface area contributed by atoms with Gasteiger partial charge in [0.25, 0.3) is 0 Å². The smallest absolute Gasteiger partial charge is 0.339 e. The Morgan fingerprint density at radius 2 is 1.68 bits per heavy atom. The number of ether oxygens (including phenoxy) is 1. The van der Waals surface area contributed by atoms with Gasteiger partial charge in [-0.15, -0.1) is 0 Å². The Morgan fingerprint density at radius 3 is 2.24 bits per heavy atom. The lowest BCUT2D eigenvalue weighted by Crippen LogP contribution is -2.25. The van der Waals surface area contributed by atoms with Crippen LogP contribution in [0.15, 0.2) is 18.2 Å². The molecule has 1 N–H and O–H groups in total. The molecule has 1 aromatic carbocycles. The van der Waals surface area contributed by atoms with E-state index in [2.05, 4.69) is 4.98 Å². The SMILES string of the molecule is CC(=O)c1c(C)[nH]c(C(=O)[C@H](C)OC(=O)c2cccc(C)c2C)c1C. The van der Waals surface area contributed by atoms with Crippen molar-refractivity contribution >= 4 is 17.5 Å². The number of rotatable bonds is 5. The lowest BCUT2D eigenvalue weighted by Gasteiger charge is -2.14. The second-order valence-electron chi connectivity index (χ2n) is 6.34. The first kappa shape index (κ1) is 18.6. The molecule has 0 fully saturated rings. The van der Waals surface area contributed by atoms with Gasteiger partial charge >= 0.3 is 5.97 Å². The number of Topliss-reactive ketones (excluding diaryl/α,β-unsaturated/α-hetero) is 2. The first-order valence-electron chi connectivity index (χ1n) is 8.16. The number of H-pyrrole nitrogens is 1. The minimum atomic E-state index is -0.955. The summed E-state index contributed by atoms with van der Waals surface area (Å²) in [5.41, 5.74) is 4.31. The topological polar surface area (TPSA) is 76.2 Å². The average Bonchev–Trinajstić information content (AvgIpc) is 2.83. The van der Waals surface area contributed by atoms with Gasteiger partial charge in [0, 0.05) is 11.3 Å². The zero-order chi connectivity index (χ0) is 18.9. The third-order valence-corrected chi connectivity index (χ3v) is 4.51. The number of nitrogens with one attached hydrogen (secondary N) is 1. The largest absolute Gasteiger partial charge is 0.451 e. The number of carbonyl (C=O) groups is 3. The van der Waals surface area contributed by atoms with E-state index in [1.54, 1.807) is 26.0 Å². The van der Waals surface area contributed by atoms with E-state index in [9.17, 15) is 14.4 Å². The highest BCUT2D eigenvalue weighted by molar-refractivity contribution is 6.05. The van der Waals surface area contributed by atoms with Crippen molar-refractivity contribution in [2.45, 2.75) is 47.6 Å². The van der Waals surface area contributed by atoms with Gasteiger partial charge in [0.1, 0.15) is 0 Å². The van der Waals surface area contributed by atoms with Crippen LogP contribution in [0.4, 0.5) is 0 Å². The van der Waals surface area contributed by atoms with E-state index >= 15 is 0 Å². The highest BCUT2D eigenvalue weighted by Gasteiger charge is 2.26. The fraction of sp³-hybridized carbons (Fsp3) is 0.350. The van der Waals surface area contributed by atoms with Crippen LogP contribution in [0.5, 0.6) is 0 Å². The third kappa shape index (κ3) is 3.55. The van der Waals surface area contributed by atoms with Gasteiger partial charge in [-0.05, 0) is 64.3 Å². The number of hydrogen-bond acceptors (Lipinski definition) is 4. The Morgan fingerprint density at radius 1 is 1.04 bits per heavy atom. The van der Waals surface area contributed by atoms with E-state index in [4.69, 9.17) is 4.74 Å². The van der Waals surface area contributed by atoms with Crippen LogP contribution >= 0.6 is 0 Å². The second-order valence-corrected chi connectivity index (χ2v) is 6.34. The van der Waals surface area contributed by atoms with Crippen LogP contribution in [0.1, 0.15) is 67.4 Å². The molecule has 1 heterocycles. The van der Waals surface area contributed by atoms with Crippen molar-refractivity contribution in [3.63, 3.8) is 0 Å². The maximum absolute atomic E-state index is 12.7. The van der Waals surface area contributed by atoms with Gasteiger partial charge in [0.2, 0.25) is 5.78 Å². The van der Waals surface area contributed by atoms with Crippen LogP contribution < -0.4 is 0 Å². The van der Waals surface area contributed by atoms with Crippen LogP contribution in [0.2, 0.25) is 0 Å². The van der Waals surface area contributed by atoms with Gasteiger partial charge < -0.3 is 9.72 Å². The molecular formula is C20H23NO4. The summed E-state index contributed by atoms with van der Waals surface area (Å²) < 4.78 is 5.36. The molecule has 0 amide bonds. The molecule has 0 aliphatic heterocycles. The van der Waals surface area contributed by atoms with Crippen molar-refractivity contribution in [3.05, 3.63) is 57.4 Å². The average molecular weight is 341 g/mol. The zero-order valence-electron chi connectivity index (χ0n) is 15.4. The van der Waals surface area contributed by atoms with Crippen LogP contribution in [0.3, 0.4) is 0 Å². The third-order valence-electron chi connectivity index (χ3n) is 4.51. The highest BCUT2D eigenvalue weighted by Crippen LogP contribution is 2.21. The molecule has 0 unspecified atom stereocenters. The number of ketones is 2. The standard InChI is InChI=1S/C20H23NO4/c1-10-8-7-9-16(11(10)2)20(24)25-15(6)19(23)18-12(3)17(14(5)22)13(4)21-18/h7-9,15,21H,1-6H3/t15-/m0/s1. The first-order valence-corrected chi connectivity index (χ1v) is 8.16. The molecule has 2 aromatic rings. The van der Waals surface area contributed by atoms with Crippen LogP contribution in [0, 0.1) is 27.7 Å². The van der Waals surface area contributed by atoms with E-state index in [0.717, 1.165) is 11.1 Å². The Bertz CT molecular complexity index is 861. The lowest BCUT2D eigenvalue weighted by atomic mass is 10.0. The van der Waals surface area contributed by atoms with Crippen LogP contribution in [-0.2, 0) is 4.74 Å². The van der Waals surface area contributed by atoms with Crippen LogP contribution in [-0.4, -0.2) is 28.6 Å².